The highest BCUT2D eigenvalue weighted by atomic mass is 16.6. The summed E-state index contributed by atoms with van der Waals surface area (Å²) in [5, 5.41) is 22.2. The lowest BCUT2D eigenvalue weighted by molar-refractivity contribution is -0.431. The van der Waals surface area contributed by atoms with Gasteiger partial charge in [0.25, 0.3) is 0 Å². The zero-order valence-electron chi connectivity index (χ0n) is 16.0. The van der Waals surface area contributed by atoms with Crippen LogP contribution in [0.25, 0.3) is 0 Å². The minimum absolute atomic E-state index is 0.00457. The second kappa shape index (κ2) is 16.9. The second-order valence-corrected chi connectivity index (χ2v) is 6.02. The first kappa shape index (κ1) is 24.4. The molecule has 0 aromatic heterocycles. The maximum Gasteiger partial charge on any atom is 0.246 e. The summed E-state index contributed by atoms with van der Waals surface area (Å²) in [5.74, 6) is 0. The molecule has 0 amide bonds. The van der Waals surface area contributed by atoms with E-state index in [9.17, 15) is 25.0 Å². The highest BCUT2D eigenvalue weighted by Crippen LogP contribution is 2.13. The summed E-state index contributed by atoms with van der Waals surface area (Å²) in [6, 6.07) is 0. The summed E-state index contributed by atoms with van der Waals surface area (Å²) < 4.78 is 0. The molecule has 7 heteroatoms. The molecule has 0 aromatic carbocycles. The molecular formula is C20H29N2O5. The third-order valence-corrected chi connectivity index (χ3v) is 3.79. The van der Waals surface area contributed by atoms with Crippen molar-refractivity contribution in [3.63, 3.8) is 0 Å². The van der Waals surface area contributed by atoms with Crippen molar-refractivity contribution >= 4 is 6.29 Å². The molecular weight excluding hydrogens is 348 g/mol. The Morgan fingerprint density at radius 1 is 0.852 bits per heavy atom. The normalized spacial score (nSPS) is 12.8. The predicted octanol–water partition coefficient (Wildman–Crippen LogP) is 5.45. The number of rotatable bonds is 16. The van der Waals surface area contributed by atoms with Crippen molar-refractivity contribution in [2.45, 2.75) is 71.1 Å². The summed E-state index contributed by atoms with van der Waals surface area (Å²) in [5.41, 5.74) is -0.0389. The fraction of sp³-hybridized carbons (Fsp3) is 0.550. The molecule has 0 heterocycles. The van der Waals surface area contributed by atoms with E-state index >= 15 is 0 Å². The van der Waals surface area contributed by atoms with Gasteiger partial charge in [-0.2, -0.15) is 0 Å². The highest BCUT2D eigenvalue weighted by molar-refractivity contribution is 5.50. The Hall–Kier alpha value is -2.57. The maximum atomic E-state index is 11.1. The van der Waals surface area contributed by atoms with Crippen molar-refractivity contribution in [2.75, 3.05) is 0 Å². The van der Waals surface area contributed by atoms with Gasteiger partial charge in [-0.3, -0.25) is 25.0 Å². The van der Waals surface area contributed by atoms with Crippen LogP contribution in [0.4, 0.5) is 0 Å². The van der Waals surface area contributed by atoms with Crippen LogP contribution in [-0.4, -0.2) is 16.1 Å². The molecule has 0 aliphatic carbocycles. The molecule has 0 fully saturated rings. The lowest BCUT2D eigenvalue weighted by Gasteiger charge is -1.97. The summed E-state index contributed by atoms with van der Waals surface area (Å²) in [4.78, 5) is 31.3. The average molecular weight is 377 g/mol. The SMILES string of the molecule is CCCCC/C=C(\C/C=C(\C/C=C\C/C=C\CCC[C]=O)[N+](=O)[O-])[N+](=O)[O-]. The third kappa shape index (κ3) is 14.3. The fourth-order valence-electron chi connectivity index (χ4n) is 2.24. The van der Waals surface area contributed by atoms with Gasteiger partial charge in [-0.05, 0) is 44.3 Å². The molecule has 7 nitrogen and oxygen atoms in total. The van der Waals surface area contributed by atoms with Crippen LogP contribution in [0.3, 0.4) is 0 Å². The molecule has 0 bridgehead atoms. The molecule has 0 aromatic rings. The van der Waals surface area contributed by atoms with E-state index in [2.05, 4.69) is 6.92 Å². The third-order valence-electron chi connectivity index (χ3n) is 3.79. The van der Waals surface area contributed by atoms with Crippen molar-refractivity contribution in [3.05, 3.63) is 68.1 Å². The number of nitrogens with zero attached hydrogens (tertiary/aromatic N) is 2. The molecule has 0 atom stereocenters. The van der Waals surface area contributed by atoms with Gasteiger partial charge >= 0.3 is 0 Å². The van der Waals surface area contributed by atoms with Gasteiger partial charge in [0.1, 0.15) is 0 Å². The molecule has 0 spiro atoms. The number of unbranched alkanes of at least 4 members (excludes halogenated alkanes) is 5. The second-order valence-electron chi connectivity index (χ2n) is 6.02. The zero-order chi connectivity index (χ0) is 20.3. The van der Waals surface area contributed by atoms with Crippen LogP contribution >= 0.6 is 0 Å². The van der Waals surface area contributed by atoms with Gasteiger partial charge in [0, 0.05) is 6.42 Å². The van der Waals surface area contributed by atoms with Crippen LogP contribution in [0.5, 0.6) is 0 Å². The number of carbonyl (C=O) groups excluding carboxylic acids is 1. The van der Waals surface area contributed by atoms with E-state index in [1.165, 1.54) is 6.08 Å². The first-order chi connectivity index (χ1) is 13.0. The van der Waals surface area contributed by atoms with E-state index < -0.39 is 9.85 Å². The van der Waals surface area contributed by atoms with E-state index in [1.807, 2.05) is 24.5 Å². The van der Waals surface area contributed by atoms with Crippen molar-refractivity contribution in [1.82, 2.24) is 0 Å². The molecule has 0 aliphatic heterocycles. The van der Waals surface area contributed by atoms with E-state index in [4.69, 9.17) is 0 Å². The topological polar surface area (TPSA) is 103 Å². The smallest absolute Gasteiger partial charge is 0.246 e. The number of hydrogen-bond donors (Lipinski definition) is 0. The summed E-state index contributed by atoms with van der Waals surface area (Å²) in [6.45, 7) is 2.06. The molecule has 0 saturated heterocycles. The van der Waals surface area contributed by atoms with Crippen LogP contribution in [-0.2, 0) is 4.79 Å². The Labute approximate surface area is 160 Å². The predicted molar refractivity (Wildman–Crippen MR) is 106 cm³/mol. The zero-order valence-corrected chi connectivity index (χ0v) is 16.0. The van der Waals surface area contributed by atoms with E-state index in [0.717, 1.165) is 32.1 Å². The lowest BCUT2D eigenvalue weighted by atomic mass is 10.1. The van der Waals surface area contributed by atoms with Crippen molar-refractivity contribution in [2.24, 2.45) is 0 Å². The average Bonchev–Trinajstić information content (AvgIpc) is 2.63. The van der Waals surface area contributed by atoms with Crippen LogP contribution in [0.1, 0.15) is 71.1 Å². The van der Waals surface area contributed by atoms with Gasteiger partial charge in [0.2, 0.25) is 11.4 Å². The van der Waals surface area contributed by atoms with Gasteiger partial charge in [0.15, 0.2) is 6.29 Å². The molecule has 0 N–H and O–H groups in total. The highest BCUT2D eigenvalue weighted by Gasteiger charge is 2.13. The molecule has 0 rings (SSSR count). The molecule has 0 saturated carbocycles. The van der Waals surface area contributed by atoms with E-state index in [-0.39, 0.29) is 24.2 Å². The molecule has 149 valence electrons. The quantitative estimate of drug-likeness (QED) is 0.154. The number of hydrogen-bond acceptors (Lipinski definition) is 5. The Bertz CT molecular complexity index is 577. The van der Waals surface area contributed by atoms with Crippen molar-refractivity contribution < 1.29 is 14.6 Å². The Kier molecular flexibility index (Phi) is 15.3. The molecule has 0 aliphatic rings. The standard InChI is InChI=1S/C20H29N2O5/c1-2-3-4-11-14-19(21(24)25)16-17-20(22(26)27)15-12-9-7-5-6-8-10-13-18-23/h5-6,9,12,14,17H,2-4,7-8,10-11,13,15-16H2,1H3/b6-5-,12-9-,19-14+,20-17+. The first-order valence-electron chi connectivity index (χ1n) is 9.34. The van der Waals surface area contributed by atoms with Crippen molar-refractivity contribution in [1.29, 1.82) is 0 Å². The molecule has 1 radical (unpaired) electrons. The minimum atomic E-state index is -0.495. The summed E-state index contributed by atoms with van der Waals surface area (Å²) in [6.07, 6.45) is 18.4. The monoisotopic (exact) mass is 377 g/mol. The summed E-state index contributed by atoms with van der Waals surface area (Å²) in [7, 11) is 0. The fourth-order valence-corrected chi connectivity index (χ4v) is 2.24. The maximum absolute atomic E-state index is 11.1. The van der Waals surface area contributed by atoms with E-state index in [0.29, 0.717) is 19.3 Å². The number of allylic oxidation sites excluding steroid dienone is 6. The number of nitro groups is 2. The van der Waals surface area contributed by atoms with Gasteiger partial charge in [-0.25, -0.2) is 0 Å². The molecule has 27 heavy (non-hydrogen) atoms. The van der Waals surface area contributed by atoms with Crippen LogP contribution in [0, 0.1) is 20.2 Å². The lowest BCUT2D eigenvalue weighted by Crippen LogP contribution is -2.01. The largest absolute Gasteiger partial charge is 0.291 e. The van der Waals surface area contributed by atoms with Crippen LogP contribution in [0.2, 0.25) is 0 Å². The van der Waals surface area contributed by atoms with E-state index in [1.54, 1.807) is 12.2 Å². The minimum Gasteiger partial charge on any atom is -0.291 e. The van der Waals surface area contributed by atoms with Crippen LogP contribution < -0.4 is 0 Å². The Balaban J connectivity index is 4.54. The van der Waals surface area contributed by atoms with Crippen molar-refractivity contribution in [3.8, 4) is 0 Å². The Morgan fingerprint density at radius 2 is 1.52 bits per heavy atom. The van der Waals surface area contributed by atoms with Gasteiger partial charge in [0.05, 0.1) is 22.7 Å². The van der Waals surface area contributed by atoms with Crippen LogP contribution in [0.15, 0.2) is 47.9 Å². The van der Waals surface area contributed by atoms with Gasteiger partial charge in [-0.1, -0.05) is 44.1 Å². The molecule has 0 unspecified atom stereocenters. The Morgan fingerprint density at radius 3 is 2.15 bits per heavy atom. The first-order valence-corrected chi connectivity index (χ1v) is 9.34. The summed E-state index contributed by atoms with van der Waals surface area (Å²) >= 11 is 0. The van der Waals surface area contributed by atoms with Gasteiger partial charge < -0.3 is 0 Å². The van der Waals surface area contributed by atoms with Gasteiger partial charge in [-0.15, -0.1) is 0 Å².